The van der Waals surface area contributed by atoms with Crippen molar-refractivity contribution in [3.63, 3.8) is 0 Å². The van der Waals surface area contributed by atoms with Crippen LogP contribution in [-0.4, -0.2) is 22.1 Å². The van der Waals surface area contributed by atoms with Gasteiger partial charge < -0.3 is 0 Å². The van der Waals surface area contributed by atoms with Gasteiger partial charge in [0.1, 0.15) is 0 Å². The zero-order valence-electron chi connectivity index (χ0n) is 12.6. The number of hydrogen-bond donors (Lipinski definition) is 1. The van der Waals surface area contributed by atoms with Crippen molar-refractivity contribution in [2.75, 3.05) is 4.72 Å². The molecule has 0 atom stereocenters. The maximum atomic E-state index is 12.1. The predicted molar refractivity (Wildman–Crippen MR) is 86.0 cm³/mol. The van der Waals surface area contributed by atoms with Gasteiger partial charge in [-0.1, -0.05) is 13.8 Å². The molecule has 1 rings (SSSR count). The molecular weight excluding hydrogens is 334 g/mol. The molecule has 0 radical (unpaired) electrons. The summed E-state index contributed by atoms with van der Waals surface area (Å²) in [4.78, 5) is -0.0298. The van der Waals surface area contributed by atoms with E-state index >= 15 is 0 Å². The maximum Gasteiger partial charge on any atom is 0.261 e. The molecule has 0 amide bonds. The van der Waals surface area contributed by atoms with Gasteiger partial charge in [-0.2, -0.15) is 0 Å². The predicted octanol–water partition coefficient (Wildman–Crippen LogP) is 3.20. The van der Waals surface area contributed by atoms with Gasteiger partial charge in [0, 0.05) is 10.7 Å². The zero-order valence-corrected chi connectivity index (χ0v) is 15.0. The van der Waals surface area contributed by atoms with Crippen LogP contribution in [0.15, 0.2) is 17.0 Å². The van der Waals surface area contributed by atoms with Gasteiger partial charge in [0.15, 0.2) is 0 Å². The summed E-state index contributed by atoms with van der Waals surface area (Å²) >= 11 is 0. The lowest BCUT2D eigenvalue weighted by molar-refractivity contribution is 0.592. The molecule has 0 bridgehead atoms. The van der Waals surface area contributed by atoms with E-state index in [0.717, 1.165) is 0 Å². The monoisotopic (exact) mass is 353 g/mol. The summed E-state index contributed by atoms with van der Waals surface area (Å²) in [5.74, 6) is -0.0630. The van der Waals surface area contributed by atoms with Crippen molar-refractivity contribution in [1.82, 2.24) is 0 Å². The molecule has 21 heavy (non-hydrogen) atoms. The van der Waals surface area contributed by atoms with E-state index in [9.17, 15) is 16.8 Å². The number of aryl methyl sites for hydroxylation is 1. The SMILES string of the molecule is Cc1cc(S(=O)(=O)Cl)cc(C(C)C)c1NS(=O)(=O)C(C)C. The highest BCUT2D eigenvalue weighted by Gasteiger charge is 2.22. The van der Waals surface area contributed by atoms with Crippen LogP contribution < -0.4 is 4.72 Å². The van der Waals surface area contributed by atoms with E-state index in [-0.39, 0.29) is 10.8 Å². The molecule has 0 saturated heterocycles. The first-order valence-corrected chi connectivity index (χ1v) is 10.3. The molecule has 0 saturated carbocycles. The van der Waals surface area contributed by atoms with E-state index < -0.39 is 24.3 Å². The van der Waals surface area contributed by atoms with Crippen LogP contribution in [0.1, 0.15) is 44.7 Å². The Bertz CT molecular complexity index is 738. The van der Waals surface area contributed by atoms with Crippen LogP contribution in [0.5, 0.6) is 0 Å². The third-order valence-electron chi connectivity index (χ3n) is 3.11. The first-order chi connectivity index (χ1) is 9.36. The molecule has 0 aliphatic heterocycles. The number of anilines is 1. The fraction of sp³-hybridized carbons (Fsp3) is 0.538. The zero-order chi connectivity index (χ0) is 16.6. The van der Waals surface area contributed by atoms with Crippen LogP contribution in [0.2, 0.25) is 0 Å². The standard InChI is InChI=1S/C13H20ClNO4S2/c1-8(2)12-7-11(20(14,16)17)6-10(5)13(12)15-21(18,19)9(3)4/h6-9,15H,1-5H3. The van der Waals surface area contributed by atoms with Crippen molar-refractivity contribution in [3.8, 4) is 0 Å². The van der Waals surface area contributed by atoms with Gasteiger partial charge in [0.25, 0.3) is 9.05 Å². The Balaban J connectivity index is 3.54. The topological polar surface area (TPSA) is 80.3 Å². The third-order valence-corrected chi connectivity index (χ3v) is 6.17. The number of hydrogen-bond acceptors (Lipinski definition) is 4. The lowest BCUT2D eigenvalue weighted by atomic mass is 9.99. The summed E-state index contributed by atoms with van der Waals surface area (Å²) < 4.78 is 49.6. The van der Waals surface area contributed by atoms with Crippen LogP contribution in [0.4, 0.5) is 5.69 Å². The molecule has 0 fully saturated rings. The van der Waals surface area contributed by atoms with E-state index in [1.807, 2.05) is 13.8 Å². The molecule has 0 spiro atoms. The Morgan fingerprint density at radius 2 is 1.57 bits per heavy atom. The van der Waals surface area contributed by atoms with Gasteiger partial charge in [-0.3, -0.25) is 4.72 Å². The average molecular weight is 354 g/mol. The van der Waals surface area contributed by atoms with E-state index in [1.165, 1.54) is 12.1 Å². The molecule has 0 aliphatic rings. The lowest BCUT2D eigenvalue weighted by Crippen LogP contribution is -2.24. The highest BCUT2D eigenvalue weighted by molar-refractivity contribution is 8.13. The first kappa shape index (κ1) is 18.3. The number of halogens is 1. The fourth-order valence-electron chi connectivity index (χ4n) is 1.78. The van der Waals surface area contributed by atoms with E-state index in [1.54, 1.807) is 20.8 Å². The molecule has 120 valence electrons. The van der Waals surface area contributed by atoms with Crippen LogP contribution in [-0.2, 0) is 19.1 Å². The summed E-state index contributed by atoms with van der Waals surface area (Å²) in [5, 5.41) is -0.589. The Labute approximate surface area is 131 Å². The number of rotatable bonds is 5. The van der Waals surface area contributed by atoms with Crippen LogP contribution in [0, 0.1) is 6.92 Å². The summed E-state index contributed by atoms with van der Waals surface area (Å²) in [6, 6.07) is 2.78. The van der Waals surface area contributed by atoms with Crippen molar-refractivity contribution < 1.29 is 16.8 Å². The lowest BCUT2D eigenvalue weighted by Gasteiger charge is -2.19. The minimum absolute atomic E-state index is 0.0298. The third kappa shape index (κ3) is 4.34. The highest BCUT2D eigenvalue weighted by atomic mass is 35.7. The summed E-state index contributed by atoms with van der Waals surface area (Å²) in [7, 11) is -2.00. The van der Waals surface area contributed by atoms with Gasteiger partial charge in [-0.05, 0) is 49.9 Å². The van der Waals surface area contributed by atoms with Crippen molar-refractivity contribution in [2.45, 2.75) is 50.7 Å². The molecule has 1 aromatic carbocycles. The normalized spacial score (nSPS) is 13.0. The quantitative estimate of drug-likeness (QED) is 0.824. The van der Waals surface area contributed by atoms with Crippen molar-refractivity contribution in [1.29, 1.82) is 0 Å². The molecule has 8 heteroatoms. The molecule has 0 heterocycles. The van der Waals surface area contributed by atoms with Crippen LogP contribution in [0.3, 0.4) is 0 Å². The molecule has 0 aliphatic carbocycles. The van der Waals surface area contributed by atoms with Gasteiger partial charge in [-0.25, -0.2) is 16.8 Å². The summed E-state index contributed by atoms with van der Waals surface area (Å²) in [6.45, 7) is 8.50. The molecule has 1 aromatic rings. The Kier molecular flexibility index (Phi) is 5.34. The minimum Gasteiger partial charge on any atom is -0.283 e. The smallest absolute Gasteiger partial charge is 0.261 e. The fourth-order valence-corrected chi connectivity index (χ4v) is 3.43. The molecular formula is C13H20ClNO4S2. The Hall–Kier alpha value is -0.790. The molecule has 1 N–H and O–H groups in total. The summed E-state index contributed by atoms with van der Waals surface area (Å²) in [6.07, 6.45) is 0. The number of benzene rings is 1. The second kappa shape index (κ2) is 6.14. The number of sulfonamides is 1. The Morgan fingerprint density at radius 1 is 1.05 bits per heavy atom. The highest BCUT2D eigenvalue weighted by Crippen LogP contribution is 2.33. The van der Waals surface area contributed by atoms with Crippen molar-refractivity contribution >= 4 is 35.4 Å². The van der Waals surface area contributed by atoms with E-state index in [2.05, 4.69) is 4.72 Å². The van der Waals surface area contributed by atoms with Gasteiger partial charge in [-0.15, -0.1) is 0 Å². The number of nitrogens with one attached hydrogen (secondary N) is 1. The molecule has 5 nitrogen and oxygen atoms in total. The van der Waals surface area contributed by atoms with Crippen LogP contribution in [0.25, 0.3) is 0 Å². The summed E-state index contributed by atoms with van der Waals surface area (Å²) in [5.41, 5.74) is 1.53. The largest absolute Gasteiger partial charge is 0.283 e. The molecule has 0 unspecified atom stereocenters. The second-order valence-electron chi connectivity index (χ2n) is 5.49. The Morgan fingerprint density at radius 3 is 1.95 bits per heavy atom. The van der Waals surface area contributed by atoms with E-state index in [0.29, 0.717) is 16.8 Å². The van der Waals surface area contributed by atoms with Crippen molar-refractivity contribution in [2.24, 2.45) is 0 Å². The molecule has 0 aromatic heterocycles. The first-order valence-electron chi connectivity index (χ1n) is 6.47. The minimum atomic E-state index is -3.86. The maximum absolute atomic E-state index is 12.1. The van der Waals surface area contributed by atoms with Gasteiger partial charge in [0.2, 0.25) is 10.0 Å². The van der Waals surface area contributed by atoms with E-state index in [4.69, 9.17) is 10.7 Å². The second-order valence-corrected chi connectivity index (χ2v) is 10.3. The van der Waals surface area contributed by atoms with Crippen LogP contribution >= 0.6 is 10.7 Å². The van der Waals surface area contributed by atoms with Gasteiger partial charge >= 0.3 is 0 Å². The van der Waals surface area contributed by atoms with Crippen molar-refractivity contribution in [3.05, 3.63) is 23.3 Å². The average Bonchev–Trinajstić information content (AvgIpc) is 2.29. The van der Waals surface area contributed by atoms with Gasteiger partial charge in [0.05, 0.1) is 15.8 Å².